The summed E-state index contributed by atoms with van der Waals surface area (Å²) in [6.07, 6.45) is 1.63. The van der Waals surface area contributed by atoms with Crippen LogP contribution in [0.5, 0.6) is 0 Å². The Balaban J connectivity index is 0.00000181. The molecule has 154 valence electrons. The van der Waals surface area contributed by atoms with Crippen molar-refractivity contribution in [1.29, 1.82) is 5.41 Å². The average molecular weight is 406 g/mol. The van der Waals surface area contributed by atoms with E-state index in [1.54, 1.807) is 48.0 Å². The SMILES string of the molecule is Cc1cc2cnnn2c(C)c1C(=O)Nc1ccc(N)c(C(=N)c2ccccc2F)c1.[HH].[HH]. The van der Waals surface area contributed by atoms with Gasteiger partial charge in [0.15, 0.2) is 0 Å². The van der Waals surface area contributed by atoms with Gasteiger partial charge in [0.1, 0.15) is 5.82 Å². The molecule has 4 rings (SSSR count). The van der Waals surface area contributed by atoms with E-state index in [0.717, 1.165) is 11.1 Å². The number of carbonyl (C=O) groups excluding carboxylic acids is 1. The number of aromatic nitrogens is 3. The summed E-state index contributed by atoms with van der Waals surface area (Å²) in [4.78, 5) is 13.0. The standard InChI is InChI=1S/C22H19FN6O.2H2/c1-12-9-15-11-26-28-29(15)13(2)20(12)22(30)27-14-7-8-19(24)17(10-14)21(25)16-5-3-4-6-18(16)23;;/h3-11,25H,24H2,1-2H3,(H,27,30);2*1H. The predicted molar refractivity (Wildman–Crippen MR) is 118 cm³/mol. The first kappa shape index (κ1) is 19.3. The number of rotatable bonds is 4. The minimum absolute atomic E-state index is 0. The number of nitrogens with one attached hydrogen (secondary N) is 2. The molecule has 0 spiro atoms. The van der Waals surface area contributed by atoms with Crippen molar-refractivity contribution in [2.24, 2.45) is 0 Å². The summed E-state index contributed by atoms with van der Waals surface area (Å²) in [5, 5.41) is 19.1. The molecule has 2 aromatic carbocycles. The van der Waals surface area contributed by atoms with Crippen LogP contribution in [0, 0.1) is 25.1 Å². The summed E-state index contributed by atoms with van der Waals surface area (Å²) in [7, 11) is 0. The van der Waals surface area contributed by atoms with Crippen molar-refractivity contribution in [3.63, 3.8) is 0 Å². The largest absolute Gasteiger partial charge is 0.398 e. The fourth-order valence-electron chi connectivity index (χ4n) is 3.48. The van der Waals surface area contributed by atoms with Crippen molar-refractivity contribution in [3.05, 3.63) is 88.5 Å². The molecule has 4 aromatic rings. The van der Waals surface area contributed by atoms with Crippen LogP contribution in [-0.4, -0.2) is 26.4 Å². The smallest absolute Gasteiger partial charge is 0.257 e. The summed E-state index contributed by atoms with van der Waals surface area (Å²) < 4.78 is 15.7. The molecule has 0 saturated heterocycles. The Morgan fingerprint density at radius 3 is 2.70 bits per heavy atom. The number of aryl methyl sites for hydroxylation is 2. The van der Waals surface area contributed by atoms with Gasteiger partial charge in [-0.15, -0.1) is 5.10 Å². The summed E-state index contributed by atoms with van der Waals surface area (Å²) >= 11 is 0. The lowest BCUT2D eigenvalue weighted by Gasteiger charge is -2.14. The number of halogens is 1. The molecule has 2 aromatic heterocycles. The van der Waals surface area contributed by atoms with Crippen molar-refractivity contribution < 1.29 is 12.0 Å². The van der Waals surface area contributed by atoms with E-state index in [2.05, 4.69) is 15.6 Å². The quantitative estimate of drug-likeness (QED) is 0.348. The Kier molecular flexibility index (Phi) is 4.75. The molecule has 1 amide bonds. The van der Waals surface area contributed by atoms with Gasteiger partial charge in [-0.25, -0.2) is 8.91 Å². The van der Waals surface area contributed by atoms with Gasteiger partial charge in [0.25, 0.3) is 5.91 Å². The number of fused-ring (bicyclic) bond motifs is 1. The highest BCUT2D eigenvalue weighted by Crippen LogP contribution is 2.24. The molecule has 30 heavy (non-hydrogen) atoms. The van der Waals surface area contributed by atoms with E-state index in [9.17, 15) is 9.18 Å². The lowest BCUT2D eigenvalue weighted by atomic mass is 9.99. The zero-order valence-electron chi connectivity index (χ0n) is 16.4. The molecule has 0 aliphatic heterocycles. The van der Waals surface area contributed by atoms with Gasteiger partial charge in [0.2, 0.25) is 0 Å². The number of hydrogen-bond donors (Lipinski definition) is 3. The number of nitrogens with two attached hydrogens (primary N) is 1. The topological polar surface area (TPSA) is 109 Å². The van der Waals surface area contributed by atoms with Gasteiger partial charge in [-0.05, 0) is 55.8 Å². The normalized spacial score (nSPS) is 10.9. The van der Waals surface area contributed by atoms with Crippen LogP contribution in [0.1, 0.15) is 35.6 Å². The monoisotopic (exact) mass is 406 g/mol. The molecule has 0 fully saturated rings. The van der Waals surface area contributed by atoms with Gasteiger partial charge in [0.05, 0.1) is 28.7 Å². The number of benzene rings is 2. The van der Waals surface area contributed by atoms with Crippen molar-refractivity contribution in [3.8, 4) is 0 Å². The van der Waals surface area contributed by atoms with Crippen LogP contribution in [0.3, 0.4) is 0 Å². The number of pyridine rings is 1. The molecule has 0 aliphatic carbocycles. The Morgan fingerprint density at radius 2 is 1.93 bits per heavy atom. The lowest BCUT2D eigenvalue weighted by molar-refractivity contribution is 0.102. The van der Waals surface area contributed by atoms with Crippen LogP contribution < -0.4 is 11.1 Å². The van der Waals surface area contributed by atoms with Crippen molar-refractivity contribution in [2.45, 2.75) is 13.8 Å². The number of anilines is 2. The van der Waals surface area contributed by atoms with Gasteiger partial charge in [-0.1, -0.05) is 17.3 Å². The third kappa shape index (κ3) is 3.28. The number of carbonyl (C=O) groups is 1. The van der Waals surface area contributed by atoms with Gasteiger partial charge in [-0.3, -0.25) is 10.2 Å². The molecular formula is C22H23FN6O. The van der Waals surface area contributed by atoms with Gasteiger partial charge in [0, 0.05) is 25.4 Å². The third-order valence-electron chi connectivity index (χ3n) is 4.96. The number of amides is 1. The molecule has 0 aliphatic rings. The van der Waals surface area contributed by atoms with Crippen molar-refractivity contribution in [2.75, 3.05) is 11.1 Å². The first-order valence-corrected chi connectivity index (χ1v) is 9.22. The lowest BCUT2D eigenvalue weighted by Crippen LogP contribution is -2.18. The molecule has 0 bridgehead atoms. The minimum atomic E-state index is -0.510. The zero-order valence-corrected chi connectivity index (χ0v) is 16.4. The van der Waals surface area contributed by atoms with E-state index in [1.807, 2.05) is 13.0 Å². The highest BCUT2D eigenvalue weighted by molar-refractivity contribution is 6.15. The van der Waals surface area contributed by atoms with E-state index >= 15 is 0 Å². The maximum Gasteiger partial charge on any atom is 0.257 e. The van der Waals surface area contributed by atoms with E-state index in [-0.39, 0.29) is 20.0 Å². The fraction of sp³-hybridized carbons (Fsp3) is 0.0909. The number of nitrogen functional groups attached to an aromatic ring is 1. The van der Waals surface area contributed by atoms with Crippen LogP contribution in [-0.2, 0) is 0 Å². The van der Waals surface area contributed by atoms with E-state index in [4.69, 9.17) is 11.1 Å². The number of nitrogens with zero attached hydrogens (tertiary/aromatic N) is 3. The summed E-state index contributed by atoms with van der Waals surface area (Å²) in [6, 6.07) is 12.7. The minimum Gasteiger partial charge on any atom is -0.398 e. The molecule has 7 nitrogen and oxygen atoms in total. The predicted octanol–water partition coefficient (Wildman–Crippen LogP) is 4.23. The Hall–Kier alpha value is -4.07. The molecule has 4 N–H and O–H groups in total. The zero-order chi connectivity index (χ0) is 21.4. The Labute approximate surface area is 174 Å². The molecule has 2 heterocycles. The van der Waals surface area contributed by atoms with Crippen LogP contribution in [0.15, 0.2) is 54.7 Å². The van der Waals surface area contributed by atoms with E-state index < -0.39 is 5.82 Å². The molecular weight excluding hydrogens is 383 g/mol. The molecule has 0 radical (unpaired) electrons. The second-order valence-corrected chi connectivity index (χ2v) is 6.97. The van der Waals surface area contributed by atoms with E-state index in [0.29, 0.717) is 28.2 Å². The molecule has 0 unspecified atom stereocenters. The van der Waals surface area contributed by atoms with Crippen LogP contribution in [0.4, 0.5) is 15.8 Å². The van der Waals surface area contributed by atoms with Crippen molar-refractivity contribution >= 4 is 28.5 Å². The second kappa shape index (κ2) is 7.40. The van der Waals surface area contributed by atoms with Gasteiger partial charge < -0.3 is 11.1 Å². The molecule has 8 heteroatoms. The van der Waals surface area contributed by atoms with Crippen LogP contribution in [0.2, 0.25) is 0 Å². The molecule has 0 atom stereocenters. The number of hydrogen-bond acceptors (Lipinski definition) is 5. The first-order chi connectivity index (χ1) is 14.4. The summed E-state index contributed by atoms with van der Waals surface area (Å²) in [6.45, 7) is 3.64. The Morgan fingerprint density at radius 1 is 1.17 bits per heavy atom. The first-order valence-electron chi connectivity index (χ1n) is 9.22. The molecule has 0 saturated carbocycles. The van der Waals surface area contributed by atoms with Gasteiger partial charge in [-0.2, -0.15) is 0 Å². The summed E-state index contributed by atoms with van der Waals surface area (Å²) in [5.74, 6) is -0.834. The summed E-state index contributed by atoms with van der Waals surface area (Å²) in [5.41, 5.74) is 9.93. The average Bonchev–Trinajstić information content (AvgIpc) is 3.18. The van der Waals surface area contributed by atoms with Crippen molar-refractivity contribution in [1.82, 2.24) is 14.8 Å². The van der Waals surface area contributed by atoms with Gasteiger partial charge >= 0.3 is 0 Å². The third-order valence-corrected chi connectivity index (χ3v) is 4.96. The Bertz CT molecular complexity index is 1320. The highest BCUT2D eigenvalue weighted by Gasteiger charge is 2.18. The maximum absolute atomic E-state index is 14.1. The highest BCUT2D eigenvalue weighted by atomic mass is 19.1. The fourth-order valence-corrected chi connectivity index (χ4v) is 3.48. The van der Waals surface area contributed by atoms with E-state index in [1.165, 1.54) is 12.1 Å². The maximum atomic E-state index is 14.1. The van der Waals surface area contributed by atoms with Crippen LogP contribution in [0.25, 0.3) is 5.52 Å². The van der Waals surface area contributed by atoms with Crippen LogP contribution >= 0.6 is 0 Å². The second-order valence-electron chi connectivity index (χ2n) is 6.97.